The molecule has 1 unspecified atom stereocenters. The van der Waals surface area contributed by atoms with Gasteiger partial charge in [0.1, 0.15) is 16.7 Å². The van der Waals surface area contributed by atoms with Gasteiger partial charge in [-0.05, 0) is 12.0 Å². The first-order valence-electron chi connectivity index (χ1n) is 7.96. The number of halogens is 3. The molecular formula is C14H13F3N5NaO4S2. The number of nitrogen functional groups attached to an aromatic ring is 1. The molecule has 0 aromatic carbocycles. The molecule has 15 heteroatoms. The van der Waals surface area contributed by atoms with Crippen LogP contribution in [0.5, 0.6) is 0 Å². The minimum absolute atomic E-state index is 0. The van der Waals surface area contributed by atoms with E-state index in [1.807, 2.05) is 0 Å². The van der Waals surface area contributed by atoms with Crippen LogP contribution < -0.4 is 35.3 Å². The zero-order chi connectivity index (χ0) is 20.5. The first-order valence-corrected chi connectivity index (χ1v) is 9.29. The summed E-state index contributed by atoms with van der Waals surface area (Å²) in [4.78, 5) is 37.5. The van der Waals surface area contributed by atoms with E-state index in [0.29, 0.717) is 9.91 Å². The molecule has 2 amide bonds. The number of carboxylic acid groups (broad SMARTS) is 1. The molecule has 4 atom stereocenters. The number of hydrogen-bond acceptors (Lipinski definition) is 8. The maximum Gasteiger partial charge on any atom is 1.00 e. The normalized spacial score (nSPS) is 26.6. The van der Waals surface area contributed by atoms with Crippen LogP contribution in [-0.2, 0) is 14.4 Å². The van der Waals surface area contributed by atoms with Gasteiger partial charge in [0, 0.05) is 12.5 Å². The Bertz CT molecular complexity index is 945. The molecule has 4 rings (SSSR count). The molecule has 9 nitrogen and oxygen atoms in total. The number of rotatable bonds is 3. The van der Waals surface area contributed by atoms with E-state index in [0.717, 1.165) is 16.2 Å². The Balaban J connectivity index is 0.00000160. The van der Waals surface area contributed by atoms with Crippen molar-refractivity contribution in [2.24, 2.45) is 5.92 Å². The third kappa shape index (κ3) is 3.34. The first kappa shape index (κ1) is 22.3. The molecule has 0 bridgehead atoms. The summed E-state index contributed by atoms with van der Waals surface area (Å²) in [5, 5.41) is 16.7. The van der Waals surface area contributed by atoms with Crippen LogP contribution in [0.15, 0.2) is 11.3 Å². The molecule has 4 heterocycles. The Morgan fingerprint density at radius 1 is 1.38 bits per heavy atom. The predicted molar refractivity (Wildman–Crippen MR) is 92.1 cm³/mol. The van der Waals surface area contributed by atoms with Crippen molar-refractivity contribution in [3.63, 3.8) is 0 Å². The summed E-state index contributed by atoms with van der Waals surface area (Å²) in [7, 11) is 0. The molecule has 29 heavy (non-hydrogen) atoms. The first-order chi connectivity index (χ1) is 13.0. The van der Waals surface area contributed by atoms with Crippen LogP contribution in [0.2, 0.25) is 0 Å². The van der Waals surface area contributed by atoms with Gasteiger partial charge in [0.25, 0.3) is 5.91 Å². The van der Waals surface area contributed by atoms with Crippen LogP contribution in [0.4, 0.5) is 18.3 Å². The fourth-order valence-corrected chi connectivity index (χ4v) is 5.16. The second-order valence-electron chi connectivity index (χ2n) is 6.62. The predicted octanol–water partition coefficient (Wildman–Crippen LogP) is -2.45. The fraction of sp³-hybridized carbons (Fsp3) is 0.500. The van der Waals surface area contributed by atoms with E-state index in [-0.39, 0.29) is 60.4 Å². The number of hydrogen-bond donors (Lipinski definition) is 3. The molecule has 0 spiro atoms. The number of amides is 2. The van der Waals surface area contributed by atoms with Gasteiger partial charge in [0.05, 0.1) is 11.3 Å². The number of aromatic nitrogens is 2. The smallest absolute Gasteiger partial charge is 1.00 e. The number of nitrogens with two attached hydrogens (primary N) is 1. The molecule has 0 radical (unpaired) electrons. The zero-order valence-corrected chi connectivity index (χ0v) is 18.5. The molecule has 0 saturated carbocycles. The van der Waals surface area contributed by atoms with Crippen LogP contribution in [0.3, 0.4) is 0 Å². The van der Waals surface area contributed by atoms with Crippen molar-refractivity contribution in [3.8, 4) is 0 Å². The second-order valence-corrected chi connectivity index (χ2v) is 8.18. The summed E-state index contributed by atoms with van der Waals surface area (Å²) in [6.07, 6.45) is -5.06. The topological polar surface area (TPSA) is 130 Å². The van der Waals surface area contributed by atoms with Crippen LogP contribution in [0.25, 0.3) is 0 Å². The number of anilines is 1. The average Bonchev–Trinajstić information content (AvgIpc) is 3.19. The van der Waals surface area contributed by atoms with Gasteiger partial charge in [0.2, 0.25) is 5.13 Å². The third-order valence-electron chi connectivity index (χ3n) is 5.12. The van der Waals surface area contributed by atoms with Gasteiger partial charge >= 0.3 is 47.6 Å². The van der Waals surface area contributed by atoms with Crippen molar-refractivity contribution >= 4 is 46.9 Å². The van der Waals surface area contributed by atoms with Crippen LogP contribution in [0, 0.1) is 5.92 Å². The largest absolute Gasteiger partial charge is 1.00 e. The number of likely N-dealkylation sites (tertiary alicyclic amines) is 1. The van der Waals surface area contributed by atoms with Crippen molar-refractivity contribution in [3.05, 3.63) is 16.3 Å². The molecule has 2 fully saturated rings. The van der Waals surface area contributed by atoms with Gasteiger partial charge in [-0.15, -0.1) is 10.2 Å². The molecule has 3 N–H and O–H groups in total. The molecule has 2 saturated heterocycles. The Morgan fingerprint density at radius 2 is 2.03 bits per heavy atom. The van der Waals surface area contributed by atoms with E-state index < -0.39 is 47.2 Å². The minimum Gasteiger partial charge on any atom is -1.00 e. The molecule has 1 aromatic heterocycles. The average molecular weight is 459 g/mol. The monoisotopic (exact) mass is 459 g/mol. The number of thiol groups is 1. The van der Waals surface area contributed by atoms with Gasteiger partial charge < -0.3 is 17.2 Å². The maximum atomic E-state index is 12.9. The Morgan fingerprint density at radius 3 is 2.55 bits per heavy atom. The quantitative estimate of drug-likeness (QED) is 0.260. The number of alkyl halides is 3. The standard InChI is InChI=1S/C14H12F3N5O4S2.Na.H/c15-14(16,17)12(26)21-2-3-1-4(8(27)9-19-20-13(18)28-9)6(11(24)25)22-5(3)7(21)10(22)23;;/h3,5,7-8,27H,1-2H2,(H2,18,20)(H,24,25);;/q;+1;-1/t3-,5-,7+,8?;;/m1../s1. The van der Waals surface area contributed by atoms with E-state index in [4.69, 9.17) is 5.73 Å². The van der Waals surface area contributed by atoms with Crippen molar-refractivity contribution in [2.45, 2.75) is 29.9 Å². The van der Waals surface area contributed by atoms with E-state index in [1.165, 1.54) is 0 Å². The molecule has 152 valence electrons. The number of carbonyl (C=O) groups is 3. The molecule has 3 aliphatic rings. The minimum atomic E-state index is -5.11. The summed E-state index contributed by atoms with van der Waals surface area (Å²) in [5.41, 5.74) is 5.43. The number of carboxylic acids is 1. The molecule has 1 aromatic rings. The summed E-state index contributed by atoms with van der Waals surface area (Å²) < 4.78 is 38.6. The van der Waals surface area contributed by atoms with E-state index in [2.05, 4.69) is 22.8 Å². The van der Waals surface area contributed by atoms with Gasteiger partial charge in [-0.25, -0.2) is 4.79 Å². The Hall–Kier alpha value is -1.35. The van der Waals surface area contributed by atoms with Crippen molar-refractivity contribution in [1.82, 2.24) is 20.0 Å². The molecule has 0 aliphatic carbocycles. The van der Waals surface area contributed by atoms with Crippen LogP contribution in [-0.4, -0.2) is 67.7 Å². The van der Waals surface area contributed by atoms with Gasteiger partial charge in [0.15, 0.2) is 0 Å². The number of aliphatic carboxylic acids is 1. The summed E-state index contributed by atoms with van der Waals surface area (Å²) in [6.45, 7) is -0.301. The van der Waals surface area contributed by atoms with Crippen molar-refractivity contribution in [2.75, 3.05) is 12.3 Å². The van der Waals surface area contributed by atoms with E-state index in [1.54, 1.807) is 0 Å². The van der Waals surface area contributed by atoms with Crippen LogP contribution in [0.1, 0.15) is 18.1 Å². The summed E-state index contributed by atoms with van der Waals surface area (Å²) >= 11 is 5.38. The van der Waals surface area contributed by atoms with Crippen molar-refractivity contribution in [1.29, 1.82) is 0 Å². The third-order valence-corrected chi connectivity index (χ3v) is 6.66. The number of β-lactam (4-membered cyclic amide) rings is 1. The summed E-state index contributed by atoms with van der Waals surface area (Å²) in [5.74, 6) is -4.89. The maximum absolute atomic E-state index is 12.9. The summed E-state index contributed by atoms with van der Waals surface area (Å²) in [6, 6.07) is -2.10. The zero-order valence-electron chi connectivity index (χ0n) is 15.8. The van der Waals surface area contributed by atoms with Crippen molar-refractivity contribution < 1.29 is 63.6 Å². The van der Waals surface area contributed by atoms with E-state index in [9.17, 15) is 32.7 Å². The Kier molecular flexibility index (Phi) is 5.71. The Labute approximate surface area is 194 Å². The number of nitrogens with zero attached hydrogens (tertiary/aromatic N) is 4. The van der Waals surface area contributed by atoms with Gasteiger partial charge in [-0.2, -0.15) is 25.8 Å². The van der Waals surface area contributed by atoms with Gasteiger partial charge in [-0.3, -0.25) is 14.5 Å². The van der Waals surface area contributed by atoms with Gasteiger partial charge in [-0.1, -0.05) is 11.3 Å². The van der Waals surface area contributed by atoms with Crippen LogP contribution >= 0.6 is 24.0 Å². The SMILES string of the molecule is Nc1nnc(C(S)C2=C(C(=O)O)N3C(=O)[C@@H]4[C@H]3[C@H](C2)CN4C(=O)C(F)(F)F)s1.[H-].[Na+]. The molecule has 3 aliphatic heterocycles. The fourth-order valence-electron chi connectivity index (χ4n) is 4.09. The second kappa shape index (κ2) is 7.41. The number of carbonyl (C=O) groups excluding carboxylic acids is 2. The van der Waals surface area contributed by atoms with E-state index >= 15 is 0 Å². The molecular weight excluding hydrogens is 446 g/mol.